The van der Waals surface area contributed by atoms with E-state index in [4.69, 9.17) is 0 Å². The zero-order valence-corrected chi connectivity index (χ0v) is 5.84. The predicted molar refractivity (Wildman–Crippen MR) is 36.3 cm³/mol. The molecular formula is C7H15N2+. The quantitative estimate of drug-likeness (QED) is 0.480. The third kappa shape index (κ3) is 1.25. The molecule has 1 saturated heterocycles. The molecule has 2 rings (SSSR count). The maximum Gasteiger partial charge on any atom is 0.0885 e. The van der Waals surface area contributed by atoms with E-state index in [2.05, 4.69) is 10.2 Å². The first-order chi connectivity index (χ1) is 4.47. The lowest BCUT2D eigenvalue weighted by Crippen LogP contribution is -2.89. The van der Waals surface area contributed by atoms with Gasteiger partial charge in [-0.15, -0.1) is 0 Å². The van der Waals surface area contributed by atoms with Crippen molar-refractivity contribution in [2.45, 2.75) is 18.9 Å². The Morgan fingerprint density at radius 1 is 1.11 bits per heavy atom. The van der Waals surface area contributed by atoms with Gasteiger partial charge in [0.1, 0.15) is 0 Å². The molecule has 2 heteroatoms. The van der Waals surface area contributed by atoms with Crippen molar-refractivity contribution in [2.75, 3.05) is 26.2 Å². The smallest absolute Gasteiger partial charge is 0.0885 e. The van der Waals surface area contributed by atoms with Crippen molar-refractivity contribution in [2.24, 2.45) is 0 Å². The minimum absolute atomic E-state index is 0.999. The Kier molecular flexibility index (Phi) is 1.44. The van der Waals surface area contributed by atoms with Gasteiger partial charge in [-0.25, -0.2) is 0 Å². The zero-order valence-electron chi connectivity index (χ0n) is 5.84. The van der Waals surface area contributed by atoms with Gasteiger partial charge in [0.15, 0.2) is 0 Å². The fourth-order valence-electron chi connectivity index (χ4n) is 1.58. The molecule has 1 heterocycles. The van der Waals surface area contributed by atoms with E-state index < -0.39 is 0 Å². The van der Waals surface area contributed by atoms with Gasteiger partial charge < -0.3 is 5.32 Å². The Labute approximate surface area is 56.2 Å². The minimum Gasteiger partial charge on any atom is -0.344 e. The summed E-state index contributed by atoms with van der Waals surface area (Å²) in [4.78, 5) is 2.64. The second-order valence-corrected chi connectivity index (χ2v) is 3.13. The van der Waals surface area contributed by atoms with Crippen LogP contribution >= 0.6 is 0 Å². The Bertz CT molecular complexity index is 93.1. The van der Waals surface area contributed by atoms with Crippen LogP contribution in [0.2, 0.25) is 0 Å². The van der Waals surface area contributed by atoms with Crippen LogP contribution in [0.5, 0.6) is 0 Å². The van der Waals surface area contributed by atoms with Crippen LogP contribution in [0.4, 0.5) is 0 Å². The fourth-order valence-corrected chi connectivity index (χ4v) is 1.58. The van der Waals surface area contributed by atoms with Gasteiger partial charge in [-0.2, -0.15) is 0 Å². The normalized spacial score (nSPS) is 30.7. The maximum absolute atomic E-state index is 2.64. The Hall–Kier alpha value is -0.0800. The molecule has 0 spiro atoms. The molecule has 0 amide bonds. The van der Waals surface area contributed by atoms with Gasteiger partial charge in [0, 0.05) is 19.1 Å². The van der Waals surface area contributed by atoms with Crippen molar-refractivity contribution in [1.29, 1.82) is 0 Å². The summed E-state index contributed by atoms with van der Waals surface area (Å²) in [5.74, 6) is 0. The lowest BCUT2D eigenvalue weighted by molar-refractivity contribution is -0.663. The molecule has 2 nitrogen and oxygen atoms in total. The van der Waals surface area contributed by atoms with E-state index in [-0.39, 0.29) is 0 Å². The Morgan fingerprint density at radius 2 is 1.78 bits per heavy atom. The lowest BCUT2D eigenvalue weighted by Gasteiger charge is -2.24. The summed E-state index contributed by atoms with van der Waals surface area (Å²) in [5, 5.41) is 2.42. The van der Waals surface area contributed by atoms with Crippen molar-refractivity contribution in [3.05, 3.63) is 0 Å². The predicted octanol–water partition coefficient (Wildman–Crippen LogP) is -0.972. The van der Waals surface area contributed by atoms with Crippen molar-refractivity contribution in [1.82, 2.24) is 4.90 Å². The van der Waals surface area contributed by atoms with E-state index >= 15 is 0 Å². The molecule has 2 fully saturated rings. The zero-order chi connectivity index (χ0) is 6.10. The first-order valence-electron chi connectivity index (χ1n) is 4.02. The van der Waals surface area contributed by atoms with Gasteiger partial charge >= 0.3 is 0 Å². The van der Waals surface area contributed by atoms with Crippen LogP contribution in [0.1, 0.15) is 12.8 Å². The van der Waals surface area contributed by atoms with Gasteiger partial charge in [0.25, 0.3) is 0 Å². The van der Waals surface area contributed by atoms with Gasteiger partial charge in [-0.05, 0) is 12.8 Å². The standard InChI is InChI=1S/C7H14N2/c1-2-7(1)9-5-3-8-4-6-9/h7-8H,1-6H2/p+1. The lowest BCUT2D eigenvalue weighted by atomic mass is 10.3. The van der Waals surface area contributed by atoms with Crippen LogP contribution in [0.15, 0.2) is 0 Å². The summed E-state index contributed by atoms with van der Waals surface area (Å²) >= 11 is 0. The number of nitrogens with zero attached hydrogens (tertiary/aromatic N) is 1. The minimum atomic E-state index is 0.999. The number of hydrogen-bond donors (Lipinski definition) is 1. The molecule has 9 heavy (non-hydrogen) atoms. The Balaban J connectivity index is 1.80. The monoisotopic (exact) mass is 127 g/mol. The van der Waals surface area contributed by atoms with Crippen molar-refractivity contribution >= 4 is 0 Å². The molecule has 0 aromatic heterocycles. The first kappa shape index (κ1) is 5.69. The van der Waals surface area contributed by atoms with Crippen molar-refractivity contribution in [3.63, 3.8) is 0 Å². The van der Waals surface area contributed by atoms with E-state index in [9.17, 15) is 0 Å². The van der Waals surface area contributed by atoms with Crippen molar-refractivity contribution < 1.29 is 5.32 Å². The van der Waals surface area contributed by atoms with Crippen LogP contribution in [0.25, 0.3) is 0 Å². The average Bonchev–Trinajstić information content (AvgIpc) is 2.71. The first-order valence-corrected chi connectivity index (χ1v) is 4.02. The van der Waals surface area contributed by atoms with Gasteiger partial charge in [-0.1, -0.05) is 0 Å². The molecule has 2 N–H and O–H groups in total. The number of hydrogen-bond acceptors (Lipinski definition) is 1. The summed E-state index contributed by atoms with van der Waals surface area (Å²) in [6.45, 7) is 5.34. The van der Waals surface area contributed by atoms with Crippen LogP contribution in [0.3, 0.4) is 0 Å². The number of nitrogens with two attached hydrogens (primary N) is 1. The second-order valence-electron chi connectivity index (χ2n) is 3.13. The highest BCUT2D eigenvalue weighted by Gasteiger charge is 2.30. The number of quaternary nitrogens is 1. The Morgan fingerprint density at radius 3 is 2.33 bits per heavy atom. The van der Waals surface area contributed by atoms with Gasteiger partial charge in [0.2, 0.25) is 0 Å². The highest BCUT2D eigenvalue weighted by atomic mass is 15.2. The van der Waals surface area contributed by atoms with Crippen LogP contribution in [-0.2, 0) is 0 Å². The highest BCUT2D eigenvalue weighted by Crippen LogP contribution is 2.25. The largest absolute Gasteiger partial charge is 0.344 e. The molecule has 0 radical (unpaired) electrons. The molecule has 1 aliphatic heterocycles. The van der Waals surface area contributed by atoms with Gasteiger partial charge in [0.05, 0.1) is 13.1 Å². The van der Waals surface area contributed by atoms with Crippen LogP contribution in [-0.4, -0.2) is 37.1 Å². The molecule has 1 aliphatic carbocycles. The summed E-state index contributed by atoms with van der Waals surface area (Å²) in [6, 6.07) is 0.999. The molecule has 1 saturated carbocycles. The van der Waals surface area contributed by atoms with E-state index in [1.54, 1.807) is 0 Å². The molecule has 2 aliphatic rings. The molecule has 0 bridgehead atoms. The SMILES string of the molecule is C1CN(C2CC2)CC[NH2+]1. The maximum atomic E-state index is 2.64. The summed E-state index contributed by atoms with van der Waals surface area (Å²) in [6.07, 6.45) is 2.94. The molecule has 0 unspecified atom stereocenters. The van der Waals surface area contributed by atoms with Crippen LogP contribution < -0.4 is 5.32 Å². The third-order valence-corrected chi connectivity index (χ3v) is 2.30. The van der Waals surface area contributed by atoms with E-state index in [1.165, 1.54) is 39.0 Å². The average molecular weight is 127 g/mol. The number of rotatable bonds is 1. The van der Waals surface area contributed by atoms with Crippen LogP contribution in [0, 0.1) is 0 Å². The molecular weight excluding hydrogens is 112 g/mol. The van der Waals surface area contributed by atoms with Crippen molar-refractivity contribution in [3.8, 4) is 0 Å². The molecule has 0 aromatic carbocycles. The summed E-state index contributed by atoms with van der Waals surface area (Å²) < 4.78 is 0. The van der Waals surface area contributed by atoms with E-state index in [1.807, 2.05) is 0 Å². The van der Waals surface area contributed by atoms with E-state index in [0.29, 0.717) is 0 Å². The third-order valence-electron chi connectivity index (χ3n) is 2.30. The summed E-state index contributed by atoms with van der Waals surface area (Å²) in [7, 11) is 0. The second kappa shape index (κ2) is 2.27. The summed E-state index contributed by atoms with van der Waals surface area (Å²) in [5.41, 5.74) is 0. The fraction of sp³-hybridized carbons (Fsp3) is 1.00. The highest BCUT2D eigenvalue weighted by molar-refractivity contribution is 4.84. The molecule has 0 atom stereocenters. The van der Waals surface area contributed by atoms with E-state index in [0.717, 1.165) is 6.04 Å². The topological polar surface area (TPSA) is 19.9 Å². The number of piperazine rings is 1. The van der Waals surface area contributed by atoms with Gasteiger partial charge in [-0.3, -0.25) is 4.90 Å². The molecule has 0 aromatic rings. The molecule has 52 valence electrons.